The number of ether oxygens (including phenoxy) is 1. The van der Waals surface area contributed by atoms with E-state index in [1.807, 2.05) is 29.6 Å². The molecule has 0 saturated heterocycles. The molecule has 2 aromatic heterocycles. The van der Waals surface area contributed by atoms with E-state index in [0.29, 0.717) is 23.0 Å². The molecule has 0 spiro atoms. The van der Waals surface area contributed by atoms with E-state index in [0.717, 1.165) is 10.9 Å². The zero-order valence-corrected chi connectivity index (χ0v) is 12.7. The Kier molecular flexibility index (Phi) is 4.15. The van der Waals surface area contributed by atoms with Gasteiger partial charge in [-0.05, 0) is 13.0 Å². The summed E-state index contributed by atoms with van der Waals surface area (Å²) < 4.78 is 5.09. The number of nitrogens with one attached hydrogen (secondary N) is 2. The Labute approximate surface area is 131 Å². The lowest BCUT2D eigenvalue weighted by Gasteiger charge is -2.14. The van der Waals surface area contributed by atoms with Crippen LogP contribution in [0, 0.1) is 0 Å². The van der Waals surface area contributed by atoms with E-state index in [1.165, 1.54) is 17.5 Å². The third-order valence-corrected chi connectivity index (χ3v) is 3.69. The highest BCUT2D eigenvalue weighted by Crippen LogP contribution is 2.27. The zero-order valence-electron chi connectivity index (χ0n) is 11.9. The third kappa shape index (κ3) is 2.84. The Morgan fingerprint density at radius 2 is 2.14 bits per heavy atom. The smallest absolute Gasteiger partial charge is 0.341 e. The summed E-state index contributed by atoms with van der Waals surface area (Å²) in [4.78, 5) is 20.6. The molecule has 0 saturated carbocycles. The summed E-state index contributed by atoms with van der Waals surface area (Å²) in [6, 6.07) is 7.58. The molecule has 2 N–H and O–H groups in total. The maximum absolute atomic E-state index is 12.1. The number of hydrogen-bond donors (Lipinski definition) is 2. The van der Waals surface area contributed by atoms with Crippen LogP contribution in [-0.2, 0) is 4.74 Å². The summed E-state index contributed by atoms with van der Waals surface area (Å²) >= 11 is 1.46. The number of esters is 1. The lowest BCUT2D eigenvalue weighted by molar-refractivity contribution is 0.0527. The van der Waals surface area contributed by atoms with E-state index >= 15 is 0 Å². The van der Waals surface area contributed by atoms with Crippen molar-refractivity contribution in [2.45, 2.75) is 6.92 Å². The molecular weight excluding hydrogens is 300 g/mol. The first-order valence-electron chi connectivity index (χ1n) is 6.76. The van der Waals surface area contributed by atoms with Crippen LogP contribution < -0.4 is 10.9 Å². The van der Waals surface area contributed by atoms with Crippen molar-refractivity contribution in [3.05, 3.63) is 47.6 Å². The lowest BCUT2D eigenvalue weighted by Crippen LogP contribution is -2.15. The number of rotatable bonds is 5. The summed E-state index contributed by atoms with van der Waals surface area (Å²) in [6.07, 6.45) is 3.22. The number of carbonyl (C=O) groups excluding carboxylic acids is 1. The van der Waals surface area contributed by atoms with Crippen LogP contribution in [0.5, 0.6) is 0 Å². The van der Waals surface area contributed by atoms with Gasteiger partial charge in [-0.1, -0.05) is 18.2 Å². The Bertz CT molecular complexity index is 789. The van der Waals surface area contributed by atoms with Crippen molar-refractivity contribution < 1.29 is 9.53 Å². The van der Waals surface area contributed by atoms with Gasteiger partial charge in [-0.3, -0.25) is 15.8 Å². The summed E-state index contributed by atoms with van der Waals surface area (Å²) in [6.45, 7) is 2.08. The van der Waals surface area contributed by atoms with Crippen molar-refractivity contribution in [2.75, 3.05) is 17.5 Å². The number of hydrazine groups is 1. The standard InChI is InChI=1S/C15H14N4O2S/c1-2-21-14(20)11-9-17-12-6-4-3-5-10(12)13(11)18-19-15-16-7-8-22-15/h3-9H,2H2,1H3,(H,16,19)(H,17,18). The molecule has 1 aromatic carbocycles. The number of para-hydroxylation sites is 1. The predicted molar refractivity (Wildman–Crippen MR) is 87.1 cm³/mol. The average molecular weight is 314 g/mol. The van der Waals surface area contributed by atoms with Crippen LogP contribution in [0.2, 0.25) is 0 Å². The maximum atomic E-state index is 12.1. The minimum atomic E-state index is -0.413. The Balaban J connectivity index is 2.01. The molecule has 3 rings (SSSR count). The number of aromatic nitrogens is 2. The van der Waals surface area contributed by atoms with Gasteiger partial charge in [0.2, 0.25) is 5.13 Å². The molecule has 6 nitrogen and oxygen atoms in total. The molecule has 0 bridgehead atoms. The van der Waals surface area contributed by atoms with Crippen LogP contribution in [-0.4, -0.2) is 22.5 Å². The van der Waals surface area contributed by atoms with Crippen molar-refractivity contribution >= 4 is 39.0 Å². The van der Waals surface area contributed by atoms with Gasteiger partial charge in [0, 0.05) is 23.2 Å². The topological polar surface area (TPSA) is 76.1 Å². The number of pyridine rings is 1. The SMILES string of the molecule is CCOC(=O)c1cnc2ccccc2c1NNc1nccs1. The largest absolute Gasteiger partial charge is 0.462 e. The molecule has 112 valence electrons. The predicted octanol–water partition coefficient (Wildman–Crippen LogP) is 3.31. The first-order valence-corrected chi connectivity index (χ1v) is 7.64. The van der Waals surface area contributed by atoms with Crippen LogP contribution in [0.1, 0.15) is 17.3 Å². The lowest BCUT2D eigenvalue weighted by atomic mass is 10.1. The summed E-state index contributed by atoms with van der Waals surface area (Å²) in [7, 11) is 0. The van der Waals surface area contributed by atoms with Gasteiger partial charge in [0.15, 0.2) is 0 Å². The molecule has 0 aliphatic carbocycles. The maximum Gasteiger partial charge on any atom is 0.341 e. The van der Waals surface area contributed by atoms with Crippen molar-refractivity contribution in [2.24, 2.45) is 0 Å². The molecule has 0 unspecified atom stereocenters. The van der Waals surface area contributed by atoms with E-state index in [4.69, 9.17) is 4.74 Å². The second kappa shape index (κ2) is 6.40. The molecule has 22 heavy (non-hydrogen) atoms. The van der Waals surface area contributed by atoms with Gasteiger partial charge >= 0.3 is 5.97 Å². The van der Waals surface area contributed by atoms with Gasteiger partial charge < -0.3 is 4.74 Å². The van der Waals surface area contributed by atoms with E-state index in [-0.39, 0.29) is 0 Å². The summed E-state index contributed by atoms with van der Waals surface area (Å²) in [5.74, 6) is -0.413. The Morgan fingerprint density at radius 3 is 2.91 bits per heavy atom. The van der Waals surface area contributed by atoms with Crippen LogP contribution in [0.15, 0.2) is 42.0 Å². The van der Waals surface area contributed by atoms with Crippen LogP contribution in [0.3, 0.4) is 0 Å². The second-order valence-corrected chi connectivity index (χ2v) is 5.27. The fraction of sp³-hybridized carbons (Fsp3) is 0.133. The van der Waals surface area contributed by atoms with Crippen LogP contribution >= 0.6 is 11.3 Å². The fourth-order valence-corrected chi connectivity index (χ4v) is 2.52. The van der Waals surface area contributed by atoms with Crippen LogP contribution in [0.4, 0.5) is 10.8 Å². The van der Waals surface area contributed by atoms with Gasteiger partial charge in [0.25, 0.3) is 0 Å². The molecule has 0 amide bonds. The van der Waals surface area contributed by atoms with Crippen molar-refractivity contribution in [1.82, 2.24) is 9.97 Å². The first kappa shape index (κ1) is 14.3. The molecule has 7 heteroatoms. The fourth-order valence-electron chi connectivity index (χ4n) is 2.04. The highest BCUT2D eigenvalue weighted by atomic mass is 32.1. The highest BCUT2D eigenvalue weighted by molar-refractivity contribution is 7.13. The molecule has 0 radical (unpaired) electrons. The van der Waals surface area contributed by atoms with E-state index in [1.54, 1.807) is 13.1 Å². The number of benzene rings is 1. The van der Waals surface area contributed by atoms with Gasteiger partial charge in [0.05, 0.1) is 17.8 Å². The van der Waals surface area contributed by atoms with E-state index in [2.05, 4.69) is 20.8 Å². The molecule has 0 aliphatic rings. The molecule has 3 aromatic rings. The van der Waals surface area contributed by atoms with E-state index < -0.39 is 5.97 Å². The molecule has 2 heterocycles. The summed E-state index contributed by atoms with van der Waals surface area (Å²) in [5.41, 5.74) is 7.84. The summed E-state index contributed by atoms with van der Waals surface area (Å²) in [5, 5.41) is 3.40. The Morgan fingerprint density at radius 1 is 1.27 bits per heavy atom. The van der Waals surface area contributed by atoms with E-state index in [9.17, 15) is 4.79 Å². The second-order valence-electron chi connectivity index (χ2n) is 4.37. The minimum absolute atomic E-state index is 0.311. The van der Waals surface area contributed by atoms with Crippen molar-refractivity contribution in [3.63, 3.8) is 0 Å². The van der Waals surface area contributed by atoms with Gasteiger partial charge in [0.1, 0.15) is 5.56 Å². The number of anilines is 2. The monoisotopic (exact) mass is 314 g/mol. The van der Waals surface area contributed by atoms with Gasteiger partial charge in [-0.15, -0.1) is 11.3 Å². The number of fused-ring (bicyclic) bond motifs is 1. The first-order chi connectivity index (χ1) is 10.8. The number of carbonyl (C=O) groups is 1. The molecule has 0 atom stereocenters. The van der Waals surface area contributed by atoms with Crippen molar-refractivity contribution in [3.8, 4) is 0 Å². The van der Waals surface area contributed by atoms with Crippen molar-refractivity contribution in [1.29, 1.82) is 0 Å². The number of hydrogen-bond acceptors (Lipinski definition) is 7. The van der Waals surface area contributed by atoms with Gasteiger partial charge in [-0.2, -0.15) is 0 Å². The Hall–Kier alpha value is -2.67. The normalized spacial score (nSPS) is 10.4. The zero-order chi connectivity index (χ0) is 15.4. The number of nitrogens with zero attached hydrogens (tertiary/aromatic N) is 2. The number of thiazole rings is 1. The third-order valence-electron chi connectivity index (χ3n) is 3.00. The van der Waals surface area contributed by atoms with Crippen LogP contribution in [0.25, 0.3) is 10.9 Å². The highest BCUT2D eigenvalue weighted by Gasteiger charge is 2.16. The quantitative estimate of drug-likeness (QED) is 0.556. The average Bonchev–Trinajstić information content (AvgIpc) is 3.06. The van der Waals surface area contributed by atoms with Gasteiger partial charge in [-0.25, -0.2) is 9.78 Å². The molecule has 0 fully saturated rings. The molecular formula is C15H14N4O2S. The molecule has 0 aliphatic heterocycles. The minimum Gasteiger partial charge on any atom is -0.462 e.